The highest BCUT2D eigenvalue weighted by molar-refractivity contribution is 7.10. The summed E-state index contributed by atoms with van der Waals surface area (Å²) in [5, 5.41) is 5.33. The van der Waals surface area contributed by atoms with Crippen molar-refractivity contribution >= 4 is 11.3 Å². The molecule has 0 spiro atoms. The van der Waals surface area contributed by atoms with Crippen molar-refractivity contribution < 1.29 is 17.9 Å². The average molecular weight is 301 g/mol. The standard InChI is InChI=1S/C14H14F3NOS/c1-10(13-3-2-8-20-13)18-9-11-4-6-12(7-5-11)19-14(15,16)17/h2-8,10,18H,9H2,1H3/t10-/m0/s1. The van der Waals surface area contributed by atoms with E-state index in [2.05, 4.69) is 10.1 Å². The van der Waals surface area contributed by atoms with Crippen LogP contribution < -0.4 is 10.1 Å². The molecule has 0 amide bonds. The molecule has 2 nitrogen and oxygen atoms in total. The van der Waals surface area contributed by atoms with Crippen molar-refractivity contribution in [1.29, 1.82) is 0 Å². The molecule has 0 fully saturated rings. The van der Waals surface area contributed by atoms with E-state index in [0.717, 1.165) is 5.56 Å². The van der Waals surface area contributed by atoms with Crippen LogP contribution in [0.1, 0.15) is 23.4 Å². The molecule has 1 N–H and O–H groups in total. The molecule has 0 bridgehead atoms. The Hall–Kier alpha value is -1.53. The lowest BCUT2D eigenvalue weighted by Gasteiger charge is -2.13. The highest BCUT2D eigenvalue weighted by Crippen LogP contribution is 2.23. The predicted octanol–water partition coefficient (Wildman–Crippen LogP) is 4.50. The van der Waals surface area contributed by atoms with E-state index < -0.39 is 6.36 Å². The van der Waals surface area contributed by atoms with Gasteiger partial charge in [-0.25, -0.2) is 0 Å². The number of hydrogen-bond acceptors (Lipinski definition) is 3. The molecule has 0 aliphatic rings. The highest BCUT2D eigenvalue weighted by atomic mass is 32.1. The zero-order chi connectivity index (χ0) is 14.6. The van der Waals surface area contributed by atoms with E-state index in [1.54, 1.807) is 23.5 Å². The van der Waals surface area contributed by atoms with Crippen LogP contribution in [0.4, 0.5) is 13.2 Å². The van der Waals surface area contributed by atoms with E-state index in [4.69, 9.17) is 0 Å². The summed E-state index contributed by atoms with van der Waals surface area (Å²) in [6.45, 7) is 2.64. The SMILES string of the molecule is C[C@H](NCc1ccc(OC(F)(F)F)cc1)c1cccs1. The first-order chi connectivity index (χ1) is 9.44. The van der Waals surface area contributed by atoms with Gasteiger partial charge in [0, 0.05) is 17.5 Å². The third-order valence-corrected chi connectivity index (χ3v) is 3.79. The van der Waals surface area contributed by atoms with Gasteiger partial charge in [0.1, 0.15) is 5.75 Å². The van der Waals surface area contributed by atoms with Crippen LogP contribution in [0, 0.1) is 0 Å². The van der Waals surface area contributed by atoms with E-state index in [-0.39, 0.29) is 11.8 Å². The smallest absolute Gasteiger partial charge is 0.406 e. The molecule has 20 heavy (non-hydrogen) atoms. The Balaban J connectivity index is 1.88. The maximum Gasteiger partial charge on any atom is 0.573 e. The van der Waals surface area contributed by atoms with Crippen LogP contribution in [-0.4, -0.2) is 6.36 Å². The van der Waals surface area contributed by atoms with Crippen LogP contribution in [0.3, 0.4) is 0 Å². The van der Waals surface area contributed by atoms with Crippen LogP contribution in [0.2, 0.25) is 0 Å². The fourth-order valence-electron chi connectivity index (χ4n) is 1.72. The van der Waals surface area contributed by atoms with Gasteiger partial charge in [-0.1, -0.05) is 18.2 Å². The van der Waals surface area contributed by atoms with Crippen LogP contribution in [0.5, 0.6) is 5.75 Å². The van der Waals surface area contributed by atoms with Crippen LogP contribution in [0.15, 0.2) is 41.8 Å². The maximum absolute atomic E-state index is 12.0. The fraction of sp³-hybridized carbons (Fsp3) is 0.286. The van der Waals surface area contributed by atoms with Crippen molar-refractivity contribution in [3.05, 3.63) is 52.2 Å². The third-order valence-electron chi connectivity index (χ3n) is 2.74. The number of alkyl halides is 3. The minimum absolute atomic E-state index is 0.201. The van der Waals surface area contributed by atoms with Gasteiger partial charge in [0.2, 0.25) is 0 Å². The maximum atomic E-state index is 12.0. The number of ether oxygens (including phenoxy) is 1. The average Bonchev–Trinajstić information content (AvgIpc) is 2.89. The second-order valence-corrected chi connectivity index (χ2v) is 5.29. The summed E-state index contributed by atoms with van der Waals surface area (Å²) >= 11 is 1.67. The topological polar surface area (TPSA) is 21.3 Å². The van der Waals surface area contributed by atoms with Gasteiger partial charge in [0.25, 0.3) is 0 Å². The van der Waals surface area contributed by atoms with Gasteiger partial charge in [0.15, 0.2) is 0 Å². The number of hydrogen-bond donors (Lipinski definition) is 1. The molecule has 0 aliphatic carbocycles. The van der Waals surface area contributed by atoms with Gasteiger partial charge in [-0.2, -0.15) is 0 Å². The summed E-state index contributed by atoms with van der Waals surface area (Å²) in [4.78, 5) is 1.22. The van der Waals surface area contributed by atoms with Gasteiger partial charge in [-0.05, 0) is 36.1 Å². The molecule has 1 heterocycles. The van der Waals surface area contributed by atoms with Crippen molar-refractivity contribution in [2.45, 2.75) is 25.9 Å². The first-order valence-corrected chi connectivity index (χ1v) is 6.93. The van der Waals surface area contributed by atoms with Gasteiger partial charge in [-0.3, -0.25) is 0 Å². The Kier molecular flexibility index (Phi) is 4.67. The van der Waals surface area contributed by atoms with E-state index in [9.17, 15) is 13.2 Å². The number of benzene rings is 1. The van der Waals surface area contributed by atoms with Crippen LogP contribution >= 0.6 is 11.3 Å². The van der Waals surface area contributed by atoms with Crippen molar-refractivity contribution in [3.8, 4) is 5.75 Å². The van der Waals surface area contributed by atoms with Crippen molar-refractivity contribution in [3.63, 3.8) is 0 Å². The first kappa shape index (κ1) is 14.9. The Morgan fingerprint density at radius 1 is 1.20 bits per heavy atom. The summed E-state index contributed by atoms with van der Waals surface area (Å²) in [6, 6.07) is 10.1. The molecule has 0 aliphatic heterocycles. The molecular formula is C14H14F3NOS. The predicted molar refractivity (Wildman–Crippen MR) is 72.7 cm³/mol. The molecule has 0 unspecified atom stereocenters. The zero-order valence-electron chi connectivity index (χ0n) is 10.8. The molecule has 1 atom stereocenters. The van der Waals surface area contributed by atoms with Crippen molar-refractivity contribution in [2.24, 2.45) is 0 Å². The Morgan fingerprint density at radius 2 is 1.90 bits per heavy atom. The molecular weight excluding hydrogens is 287 g/mol. The quantitative estimate of drug-likeness (QED) is 0.878. The Labute approximate surface area is 119 Å². The third kappa shape index (κ3) is 4.54. The monoisotopic (exact) mass is 301 g/mol. The minimum atomic E-state index is -4.65. The van der Waals surface area contributed by atoms with E-state index in [0.29, 0.717) is 6.54 Å². The van der Waals surface area contributed by atoms with Crippen LogP contribution in [0.25, 0.3) is 0 Å². The Morgan fingerprint density at radius 3 is 2.45 bits per heavy atom. The Bertz CT molecular complexity index is 522. The molecule has 0 saturated heterocycles. The van der Waals surface area contributed by atoms with E-state index in [1.807, 2.05) is 24.4 Å². The summed E-state index contributed by atoms with van der Waals surface area (Å²) in [5.41, 5.74) is 0.905. The molecule has 2 rings (SSSR count). The molecule has 0 radical (unpaired) electrons. The lowest BCUT2D eigenvalue weighted by molar-refractivity contribution is -0.274. The summed E-state index contributed by atoms with van der Waals surface area (Å²) in [7, 11) is 0. The largest absolute Gasteiger partial charge is 0.573 e. The summed E-state index contributed by atoms with van der Waals surface area (Å²) in [5.74, 6) is -0.201. The summed E-state index contributed by atoms with van der Waals surface area (Å²) < 4.78 is 39.9. The lowest BCUT2D eigenvalue weighted by atomic mass is 10.2. The van der Waals surface area contributed by atoms with Gasteiger partial charge < -0.3 is 10.1 Å². The first-order valence-electron chi connectivity index (χ1n) is 6.05. The summed E-state index contributed by atoms with van der Waals surface area (Å²) in [6.07, 6.45) is -4.65. The van der Waals surface area contributed by atoms with Crippen molar-refractivity contribution in [1.82, 2.24) is 5.32 Å². The van der Waals surface area contributed by atoms with Crippen molar-refractivity contribution in [2.75, 3.05) is 0 Å². The van der Waals surface area contributed by atoms with E-state index in [1.165, 1.54) is 17.0 Å². The number of rotatable bonds is 5. The van der Waals surface area contributed by atoms with Crippen LogP contribution in [-0.2, 0) is 6.54 Å². The molecule has 108 valence electrons. The molecule has 1 aromatic heterocycles. The van der Waals surface area contributed by atoms with Gasteiger partial charge >= 0.3 is 6.36 Å². The second kappa shape index (κ2) is 6.28. The van der Waals surface area contributed by atoms with E-state index >= 15 is 0 Å². The minimum Gasteiger partial charge on any atom is -0.406 e. The van der Waals surface area contributed by atoms with Gasteiger partial charge in [-0.15, -0.1) is 24.5 Å². The number of nitrogens with one attached hydrogen (secondary N) is 1. The molecule has 1 aromatic carbocycles. The number of halogens is 3. The van der Waals surface area contributed by atoms with Gasteiger partial charge in [0.05, 0.1) is 0 Å². The second-order valence-electron chi connectivity index (χ2n) is 4.31. The molecule has 0 saturated carbocycles. The zero-order valence-corrected chi connectivity index (χ0v) is 11.6. The fourth-order valence-corrected chi connectivity index (χ4v) is 2.48. The highest BCUT2D eigenvalue weighted by Gasteiger charge is 2.30. The lowest BCUT2D eigenvalue weighted by Crippen LogP contribution is -2.18. The number of thiophene rings is 1. The molecule has 6 heteroatoms. The molecule has 2 aromatic rings. The normalized spacial score (nSPS) is 13.2.